The van der Waals surface area contributed by atoms with Gasteiger partial charge in [-0.25, -0.2) is 0 Å². The third-order valence-corrected chi connectivity index (χ3v) is 5.98. The molecule has 2 fully saturated rings. The largest absolute Gasteiger partial charge is 0.495 e. The Morgan fingerprint density at radius 1 is 1.33 bits per heavy atom. The van der Waals surface area contributed by atoms with Gasteiger partial charge < -0.3 is 19.7 Å². The highest BCUT2D eigenvalue weighted by atomic mass is 35.5. The number of carbonyl (C=O) groups is 2. The molecule has 1 aromatic rings. The molecule has 2 unspecified atom stereocenters. The molecule has 0 aromatic heterocycles. The Hall–Kier alpha value is -1.83. The second-order valence-electron chi connectivity index (χ2n) is 8.40. The molecule has 0 spiro atoms. The number of carbonyl (C=O) groups excluding carboxylic acids is 2. The van der Waals surface area contributed by atoms with Crippen molar-refractivity contribution >= 4 is 29.1 Å². The number of ether oxygens (including phenoxy) is 2. The average molecular weight is 438 g/mol. The number of nitrogens with zero attached hydrogens (tertiary/aromatic N) is 2. The number of morpholine rings is 1. The molecule has 1 N–H and O–H groups in total. The third-order valence-electron chi connectivity index (χ3n) is 5.74. The van der Waals surface area contributed by atoms with Gasteiger partial charge in [-0.05, 0) is 30.5 Å². The molecular formula is C22H32ClN3O4. The molecule has 7 nitrogen and oxygen atoms in total. The van der Waals surface area contributed by atoms with E-state index in [1.807, 2.05) is 0 Å². The van der Waals surface area contributed by atoms with E-state index in [2.05, 4.69) is 24.1 Å². The third kappa shape index (κ3) is 5.65. The molecular weight excluding hydrogens is 406 g/mol. The van der Waals surface area contributed by atoms with Gasteiger partial charge in [0.05, 0.1) is 31.9 Å². The maximum Gasteiger partial charge on any atom is 0.227 e. The van der Waals surface area contributed by atoms with Crippen molar-refractivity contribution in [2.75, 3.05) is 51.4 Å². The summed E-state index contributed by atoms with van der Waals surface area (Å²) in [5.41, 5.74) is 0.608. The second kappa shape index (κ2) is 10.5. The van der Waals surface area contributed by atoms with Gasteiger partial charge in [0.2, 0.25) is 11.8 Å². The lowest BCUT2D eigenvalue weighted by Gasteiger charge is -2.35. The van der Waals surface area contributed by atoms with Crippen LogP contribution in [0, 0.1) is 11.8 Å². The highest BCUT2D eigenvalue weighted by molar-refractivity contribution is 6.31. The zero-order chi connectivity index (χ0) is 21.7. The lowest BCUT2D eigenvalue weighted by molar-refractivity contribution is -0.126. The zero-order valence-electron chi connectivity index (χ0n) is 18.0. The van der Waals surface area contributed by atoms with Gasteiger partial charge in [0, 0.05) is 43.7 Å². The van der Waals surface area contributed by atoms with Gasteiger partial charge >= 0.3 is 0 Å². The van der Waals surface area contributed by atoms with Crippen molar-refractivity contribution in [3.63, 3.8) is 0 Å². The fraction of sp³-hybridized carbons (Fsp3) is 0.636. The Balaban J connectivity index is 1.61. The van der Waals surface area contributed by atoms with Crippen LogP contribution in [0.3, 0.4) is 0 Å². The van der Waals surface area contributed by atoms with E-state index in [4.69, 9.17) is 21.1 Å². The van der Waals surface area contributed by atoms with E-state index in [1.165, 1.54) is 0 Å². The first-order valence-corrected chi connectivity index (χ1v) is 11.0. The second-order valence-corrected chi connectivity index (χ2v) is 8.83. The molecule has 30 heavy (non-hydrogen) atoms. The molecule has 8 heteroatoms. The van der Waals surface area contributed by atoms with Gasteiger partial charge in [0.1, 0.15) is 5.75 Å². The van der Waals surface area contributed by atoms with E-state index in [9.17, 15) is 9.59 Å². The predicted molar refractivity (Wildman–Crippen MR) is 117 cm³/mol. The van der Waals surface area contributed by atoms with E-state index in [-0.39, 0.29) is 30.2 Å². The molecule has 2 aliphatic rings. The van der Waals surface area contributed by atoms with Gasteiger partial charge in [-0.3, -0.25) is 14.5 Å². The Kier molecular flexibility index (Phi) is 7.97. The molecule has 2 saturated heterocycles. The molecule has 166 valence electrons. The van der Waals surface area contributed by atoms with Crippen LogP contribution in [0.2, 0.25) is 5.02 Å². The number of hydrogen-bond donors (Lipinski definition) is 1. The van der Waals surface area contributed by atoms with Crippen LogP contribution >= 0.6 is 11.6 Å². The first-order valence-electron chi connectivity index (χ1n) is 10.6. The van der Waals surface area contributed by atoms with E-state index < -0.39 is 0 Å². The van der Waals surface area contributed by atoms with Crippen molar-refractivity contribution in [3.8, 4) is 5.75 Å². The molecule has 2 atom stereocenters. The maximum absolute atomic E-state index is 12.9. The first-order chi connectivity index (χ1) is 14.4. The van der Waals surface area contributed by atoms with Gasteiger partial charge in [-0.2, -0.15) is 0 Å². The van der Waals surface area contributed by atoms with Crippen molar-refractivity contribution in [1.82, 2.24) is 10.2 Å². The number of halogens is 1. The monoisotopic (exact) mass is 437 g/mol. The van der Waals surface area contributed by atoms with Crippen LogP contribution in [0.15, 0.2) is 18.2 Å². The van der Waals surface area contributed by atoms with E-state index >= 15 is 0 Å². The van der Waals surface area contributed by atoms with Gasteiger partial charge in [0.15, 0.2) is 0 Å². The molecule has 2 heterocycles. The molecule has 0 radical (unpaired) electrons. The van der Waals surface area contributed by atoms with Crippen LogP contribution in [0.1, 0.15) is 26.7 Å². The quantitative estimate of drug-likeness (QED) is 0.676. The summed E-state index contributed by atoms with van der Waals surface area (Å²) in [4.78, 5) is 29.5. The van der Waals surface area contributed by atoms with E-state index in [0.717, 1.165) is 32.7 Å². The SMILES string of the molecule is COc1ccc(Cl)cc1N1CC(C(=O)NCC(CC(C)C)N2CCOCC2)CC1=O. The number of nitrogens with one attached hydrogen (secondary N) is 1. The number of amides is 2. The summed E-state index contributed by atoms with van der Waals surface area (Å²) < 4.78 is 10.8. The Labute approximate surface area is 183 Å². The van der Waals surface area contributed by atoms with Crippen LogP contribution in [0.5, 0.6) is 5.75 Å². The molecule has 0 bridgehead atoms. The number of rotatable bonds is 8. The fourth-order valence-electron chi connectivity index (χ4n) is 4.20. The molecule has 0 aliphatic carbocycles. The Morgan fingerprint density at radius 2 is 2.07 bits per heavy atom. The minimum Gasteiger partial charge on any atom is -0.495 e. The standard InChI is InChI=1S/C22H32ClN3O4/c1-15(2)10-18(25-6-8-30-9-7-25)13-24-22(28)16-11-21(27)26(14-16)19-12-17(23)4-5-20(19)29-3/h4-5,12,15-16,18H,6-11,13-14H2,1-3H3,(H,24,28). The van der Waals surface area contributed by atoms with E-state index in [1.54, 1.807) is 30.2 Å². The molecule has 2 amide bonds. The fourth-order valence-corrected chi connectivity index (χ4v) is 4.37. The highest BCUT2D eigenvalue weighted by Gasteiger charge is 2.36. The zero-order valence-corrected chi connectivity index (χ0v) is 18.8. The number of hydrogen-bond acceptors (Lipinski definition) is 5. The van der Waals surface area contributed by atoms with Crippen molar-refractivity contribution in [1.29, 1.82) is 0 Å². The van der Waals surface area contributed by atoms with Crippen molar-refractivity contribution in [3.05, 3.63) is 23.2 Å². The molecule has 2 aliphatic heterocycles. The Bertz CT molecular complexity index is 752. The van der Waals surface area contributed by atoms with Crippen LogP contribution in [-0.2, 0) is 14.3 Å². The Morgan fingerprint density at radius 3 is 2.73 bits per heavy atom. The summed E-state index contributed by atoms with van der Waals surface area (Å²) in [5.74, 6) is 0.550. The molecule has 1 aromatic carbocycles. The predicted octanol–water partition coefficient (Wildman–Crippen LogP) is 2.56. The normalized spacial score (nSPS) is 21.2. The van der Waals surface area contributed by atoms with Gasteiger partial charge in [-0.1, -0.05) is 25.4 Å². The van der Waals surface area contributed by atoms with Crippen LogP contribution in [0.4, 0.5) is 5.69 Å². The highest BCUT2D eigenvalue weighted by Crippen LogP contribution is 2.35. The van der Waals surface area contributed by atoms with Crippen molar-refractivity contribution < 1.29 is 19.1 Å². The average Bonchev–Trinajstić information content (AvgIpc) is 3.12. The maximum atomic E-state index is 12.9. The summed E-state index contributed by atoms with van der Waals surface area (Å²) >= 11 is 6.11. The van der Waals surface area contributed by atoms with Crippen molar-refractivity contribution in [2.45, 2.75) is 32.7 Å². The lowest BCUT2D eigenvalue weighted by atomic mass is 10.0. The number of methoxy groups -OCH3 is 1. The van der Waals surface area contributed by atoms with Crippen LogP contribution < -0.4 is 15.0 Å². The van der Waals surface area contributed by atoms with E-state index in [0.29, 0.717) is 35.5 Å². The van der Waals surface area contributed by atoms with Crippen molar-refractivity contribution in [2.24, 2.45) is 11.8 Å². The number of benzene rings is 1. The summed E-state index contributed by atoms with van der Waals surface area (Å²) in [6, 6.07) is 5.43. The number of anilines is 1. The van der Waals surface area contributed by atoms with Crippen LogP contribution in [0.25, 0.3) is 0 Å². The lowest BCUT2D eigenvalue weighted by Crippen LogP contribution is -2.50. The minimum atomic E-state index is -0.384. The molecule has 0 saturated carbocycles. The smallest absolute Gasteiger partial charge is 0.227 e. The summed E-state index contributed by atoms with van der Waals surface area (Å²) in [5, 5.41) is 3.62. The van der Waals surface area contributed by atoms with Crippen LogP contribution in [-0.4, -0.2) is 69.3 Å². The van der Waals surface area contributed by atoms with Gasteiger partial charge in [0.25, 0.3) is 0 Å². The summed E-state index contributed by atoms with van der Waals surface area (Å²) in [6.07, 6.45) is 1.20. The summed E-state index contributed by atoms with van der Waals surface area (Å²) in [6.45, 7) is 8.54. The van der Waals surface area contributed by atoms with Gasteiger partial charge in [-0.15, -0.1) is 0 Å². The first kappa shape index (κ1) is 22.8. The molecule has 3 rings (SSSR count). The summed E-state index contributed by atoms with van der Waals surface area (Å²) in [7, 11) is 1.55. The minimum absolute atomic E-state index is 0.0751. The topological polar surface area (TPSA) is 71.1 Å².